The maximum atomic E-state index is 11.9. The van der Waals surface area contributed by atoms with Crippen LogP contribution < -0.4 is 0 Å². The largest absolute Gasteiger partial charge is 0.330 e. The molecule has 100 valence electrons. The maximum absolute atomic E-state index is 11.9. The summed E-state index contributed by atoms with van der Waals surface area (Å²) in [5.41, 5.74) is 0. The van der Waals surface area contributed by atoms with Gasteiger partial charge in [0.1, 0.15) is 0 Å². The summed E-state index contributed by atoms with van der Waals surface area (Å²) in [6.07, 6.45) is 2.05. The molecule has 17 heavy (non-hydrogen) atoms. The van der Waals surface area contributed by atoms with Crippen molar-refractivity contribution >= 4 is 12.1 Å². The molecular weight excluding hydrogens is 218 g/mol. The van der Waals surface area contributed by atoms with Crippen LogP contribution >= 0.6 is 0 Å². The number of hydrogen-bond acceptors (Lipinski definition) is 2. The van der Waals surface area contributed by atoms with E-state index in [1.807, 2.05) is 0 Å². The van der Waals surface area contributed by atoms with Crippen LogP contribution in [0.25, 0.3) is 0 Å². The summed E-state index contributed by atoms with van der Waals surface area (Å²) in [7, 11) is 6.49. The molecule has 0 aliphatic heterocycles. The van der Waals surface area contributed by atoms with E-state index in [9.17, 15) is 9.59 Å². The molecule has 0 aliphatic carbocycles. The molecule has 0 heterocycles. The van der Waals surface area contributed by atoms with Crippen LogP contribution in [-0.2, 0) is 0 Å². The molecule has 0 rings (SSSR count). The molecule has 4 amide bonds. The number of imide groups is 1. The normalized spacial score (nSPS) is 10.3. The molecule has 0 radical (unpaired) electrons. The van der Waals surface area contributed by atoms with Crippen molar-refractivity contribution in [1.82, 2.24) is 14.7 Å². The van der Waals surface area contributed by atoms with Gasteiger partial charge < -0.3 is 9.80 Å². The molecule has 0 fully saturated rings. The minimum absolute atomic E-state index is 0.257. The molecule has 0 N–H and O–H groups in total. The molecule has 0 aliphatic rings. The Hall–Kier alpha value is -1.26. The number of amides is 4. The molecule has 0 atom stereocenters. The van der Waals surface area contributed by atoms with Crippen LogP contribution in [0.15, 0.2) is 0 Å². The van der Waals surface area contributed by atoms with Crippen LogP contribution in [0.2, 0.25) is 0 Å². The van der Waals surface area contributed by atoms with Gasteiger partial charge in [0.25, 0.3) is 0 Å². The highest BCUT2D eigenvalue weighted by Crippen LogP contribution is 2.05. The highest BCUT2D eigenvalue weighted by atomic mass is 16.2. The van der Waals surface area contributed by atoms with Crippen molar-refractivity contribution in [3.05, 3.63) is 0 Å². The van der Waals surface area contributed by atoms with Gasteiger partial charge in [-0.1, -0.05) is 13.8 Å². The van der Waals surface area contributed by atoms with Crippen molar-refractivity contribution in [2.75, 3.05) is 34.7 Å². The van der Waals surface area contributed by atoms with Crippen molar-refractivity contribution in [1.29, 1.82) is 0 Å². The summed E-state index contributed by atoms with van der Waals surface area (Å²) < 4.78 is 0. The van der Waals surface area contributed by atoms with E-state index in [0.29, 0.717) is 12.5 Å². The standard InChI is InChI=1S/C12H25N3O2/c1-10(2)8-7-9-14(5)12(17)15(6)11(16)13(3)4/h10H,7-9H2,1-6H3. The Labute approximate surface area is 104 Å². The van der Waals surface area contributed by atoms with Gasteiger partial charge in [0.2, 0.25) is 0 Å². The Morgan fingerprint density at radius 3 is 1.94 bits per heavy atom. The fourth-order valence-electron chi connectivity index (χ4n) is 1.47. The van der Waals surface area contributed by atoms with E-state index in [0.717, 1.165) is 17.7 Å². The van der Waals surface area contributed by atoms with E-state index in [1.165, 1.54) is 11.9 Å². The van der Waals surface area contributed by atoms with Crippen LogP contribution in [0.1, 0.15) is 26.7 Å². The minimum atomic E-state index is -0.300. The molecule has 0 bridgehead atoms. The number of nitrogens with zero attached hydrogens (tertiary/aromatic N) is 3. The van der Waals surface area contributed by atoms with Gasteiger partial charge in [-0.3, -0.25) is 0 Å². The number of rotatable bonds is 4. The highest BCUT2D eigenvalue weighted by molar-refractivity contribution is 5.92. The molecule has 0 aromatic carbocycles. The molecular formula is C12H25N3O2. The first-order valence-corrected chi connectivity index (χ1v) is 5.97. The van der Waals surface area contributed by atoms with Gasteiger partial charge in [-0.25, -0.2) is 14.5 Å². The van der Waals surface area contributed by atoms with Crippen LogP contribution in [0, 0.1) is 5.92 Å². The van der Waals surface area contributed by atoms with Gasteiger partial charge in [-0.2, -0.15) is 0 Å². The lowest BCUT2D eigenvalue weighted by molar-refractivity contribution is 0.157. The fourth-order valence-corrected chi connectivity index (χ4v) is 1.47. The molecule has 0 spiro atoms. The number of hydrogen-bond donors (Lipinski definition) is 0. The molecule has 5 nitrogen and oxygen atoms in total. The third-order valence-corrected chi connectivity index (χ3v) is 2.56. The van der Waals surface area contributed by atoms with Gasteiger partial charge in [-0.05, 0) is 18.8 Å². The summed E-state index contributed by atoms with van der Waals surface area (Å²) in [6, 6.07) is -0.557. The third-order valence-electron chi connectivity index (χ3n) is 2.56. The lowest BCUT2D eigenvalue weighted by atomic mass is 10.1. The van der Waals surface area contributed by atoms with Gasteiger partial charge in [0, 0.05) is 34.7 Å². The van der Waals surface area contributed by atoms with Crippen LogP contribution in [-0.4, -0.2) is 61.5 Å². The van der Waals surface area contributed by atoms with Crippen molar-refractivity contribution in [3.63, 3.8) is 0 Å². The second-order valence-electron chi connectivity index (χ2n) is 4.98. The van der Waals surface area contributed by atoms with E-state index in [-0.39, 0.29) is 12.1 Å². The SMILES string of the molecule is CC(C)CCCN(C)C(=O)N(C)C(=O)N(C)C. The molecule has 0 aromatic heterocycles. The van der Waals surface area contributed by atoms with Crippen molar-refractivity contribution in [3.8, 4) is 0 Å². The molecule has 5 heteroatoms. The number of urea groups is 2. The lowest BCUT2D eigenvalue weighted by Gasteiger charge is -2.26. The summed E-state index contributed by atoms with van der Waals surface area (Å²) in [6.45, 7) is 5.00. The zero-order chi connectivity index (χ0) is 13.6. The second kappa shape index (κ2) is 7.14. The van der Waals surface area contributed by atoms with Crippen molar-refractivity contribution in [2.45, 2.75) is 26.7 Å². The average molecular weight is 243 g/mol. The zero-order valence-electron chi connectivity index (χ0n) is 11.9. The van der Waals surface area contributed by atoms with E-state index in [2.05, 4.69) is 13.8 Å². The maximum Gasteiger partial charge on any atom is 0.327 e. The van der Waals surface area contributed by atoms with Gasteiger partial charge >= 0.3 is 12.1 Å². The third kappa shape index (κ3) is 5.56. The Morgan fingerprint density at radius 1 is 1.00 bits per heavy atom. The summed E-state index contributed by atoms with van der Waals surface area (Å²) >= 11 is 0. The minimum Gasteiger partial charge on any atom is -0.330 e. The predicted molar refractivity (Wildman–Crippen MR) is 68.9 cm³/mol. The monoisotopic (exact) mass is 243 g/mol. The highest BCUT2D eigenvalue weighted by Gasteiger charge is 2.21. The first-order valence-electron chi connectivity index (χ1n) is 5.97. The Bertz CT molecular complexity index is 264. The predicted octanol–water partition coefficient (Wildman–Crippen LogP) is 2.09. The lowest BCUT2D eigenvalue weighted by Crippen LogP contribution is -2.46. The average Bonchev–Trinajstić information content (AvgIpc) is 2.25. The molecule has 0 saturated heterocycles. The summed E-state index contributed by atoms with van der Waals surface area (Å²) in [4.78, 5) is 27.6. The molecule has 0 saturated carbocycles. The van der Waals surface area contributed by atoms with Crippen molar-refractivity contribution < 1.29 is 9.59 Å². The quantitative estimate of drug-likeness (QED) is 0.759. The van der Waals surface area contributed by atoms with E-state index in [1.54, 1.807) is 26.0 Å². The zero-order valence-corrected chi connectivity index (χ0v) is 11.9. The molecule has 0 aromatic rings. The van der Waals surface area contributed by atoms with Crippen molar-refractivity contribution in [2.24, 2.45) is 5.92 Å². The number of carbonyl (C=O) groups is 2. The first kappa shape index (κ1) is 15.7. The van der Waals surface area contributed by atoms with E-state index < -0.39 is 0 Å². The topological polar surface area (TPSA) is 43.9 Å². The fraction of sp³-hybridized carbons (Fsp3) is 0.833. The van der Waals surface area contributed by atoms with Gasteiger partial charge in [-0.15, -0.1) is 0 Å². The van der Waals surface area contributed by atoms with Gasteiger partial charge in [0.15, 0.2) is 0 Å². The van der Waals surface area contributed by atoms with Crippen LogP contribution in [0.3, 0.4) is 0 Å². The van der Waals surface area contributed by atoms with Crippen LogP contribution in [0.5, 0.6) is 0 Å². The first-order chi connectivity index (χ1) is 7.77. The van der Waals surface area contributed by atoms with Gasteiger partial charge in [0.05, 0.1) is 0 Å². The molecule has 0 unspecified atom stereocenters. The second-order valence-corrected chi connectivity index (χ2v) is 4.98. The Balaban J connectivity index is 4.16. The van der Waals surface area contributed by atoms with Crippen LogP contribution in [0.4, 0.5) is 9.59 Å². The Kier molecular flexibility index (Phi) is 6.61. The smallest absolute Gasteiger partial charge is 0.327 e. The number of carbonyl (C=O) groups excluding carboxylic acids is 2. The van der Waals surface area contributed by atoms with E-state index in [4.69, 9.17) is 0 Å². The summed E-state index contributed by atoms with van der Waals surface area (Å²) in [5, 5.41) is 0. The van der Waals surface area contributed by atoms with E-state index >= 15 is 0 Å². The Morgan fingerprint density at radius 2 is 1.53 bits per heavy atom. The summed E-state index contributed by atoms with van der Waals surface area (Å²) in [5.74, 6) is 0.639.